The number of amides is 2. The Morgan fingerprint density at radius 1 is 0.566 bits per heavy atom. The highest BCUT2D eigenvalue weighted by Crippen LogP contribution is 2.41. The normalized spacial score (nSPS) is 10.7. The molecule has 278 valence electrons. The van der Waals surface area contributed by atoms with E-state index >= 15 is 0 Å². The number of hydrogen-bond donors (Lipinski definition) is 0. The quantitative estimate of drug-likeness (QED) is 0.111. The minimum atomic E-state index is -0.709. The van der Waals surface area contributed by atoms with E-state index in [-0.39, 0.29) is 51.6 Å². The molecule has 2 amide bonds. The summed E-state index contributed by atoms with van der Waals surface area (Å²) in [6, 6.07) is 21.2. The molecule has 0 spiro atoms. The van der Waals surface area contributed by atoms with Gasteiger partial charge < -0.3 is 42.5 Å². The van der Waals surface area contributed by atoms with Gasteiger partial charge in [0.2, 0.25) is 17.4 Å². The Labute approximate surface area is 308 Å². The van der Waals surface area contributed by atoms with E-state index in [1.165, 1.54) is 66.9 Å². The molecule has 0 aliphatic heterocycles. The number of ether oxygens (including phenoxy) is 8. The van der Waals surface area contributed by atoms with Crippen LogP contribution in [0.5, 0.6) is 46.0 Å². The molecule has 0 radical (unpaired) electrons. The number of hydrogen-bond acceptors (Lipinski definition) is 11. The molecular weight excluding hydrogens is 682 g/mol. The third kappa shape index (κ3) is 7.64. The maximum atomic E-state index is 14.8. The van der Waals surface area contributed by atoms with Gasteiger partial charge in [-0.25, -0.2) is 9.88 Å². The second-order valence-electron chi connectivity index (χ2n) is 11.6. The lowest BCUT2D eigenvalue weighted by Crippen LogP contribution is -2.39. The Bertz CT molecular complexity index is 1950. The van der Waals surface area contributed by atoms with Gasteiger partial charge in [0, 0.05) is 29.4 Å². The van der Waals surface area contributed by atoms with Crippen molar-refractivity contribution in [2.45, 2.75) is 12.8 Å². The number of carbonyl (C=O) groups excluding carboxylic acids is 2. The summed E-state index contributed by atoms with van der Waals surface area (Å²) in [6.07, 6.45) is 1.15. The number of methoxy groups -OCH3 is 8. The fourth-order valence-corrected chi connectivity index (χ4v) is 5.98. The van der Waals surface area contributed by atoms with Gasteiger partial charge in [0.25, 0.3) is 11.8 Å². The Balaban J connectivity index is 1.74. The maximum Gasteiger partial charge on any atom is 0.268 e. The van der Waals surface area contributed by atoms with Crippen LogP contribution in [-0.2, 0) is 19.9 Å². The van der Waals surface area contributed by atoms with E-state index in [1.807, 2.05) is 48.5 Å². The number of imide groups is 1. The first-order valence-electron chi connectivity index (χ1n) is 16.5. The van der Waals surface area contributed by atoms with Crippen LogP contribution in [0.15, 0.2) is 72.8 Å². The molecule has 0 saturated carbocycles. The standard InChI is InChI=1S/C40H43N3O10/c1-42-30(19-12-24-10-15-28(46-2)16-11-24)35(25-13-17-29(47-3)18-14-25)41-40(42)43(38(44)26-20-31(48-4)36(52-8)32(21-26)49-5)39(45)27-22-33(50-6)37(53-9)34(23-27)51-7/h10-11,13-18,20-23H,12,19H2,1-9H3. The van der Waals surface area contributed by atoms with Crippen LogP contribution in [0.3, 0.4) is 0 Å². The number of rotatable bonds is 15. The lowest BCUT2D eigenvalue weighted by atomic mass is 10.0. The molecule has 0 atom stereocenters. The van der Waals surface area contributed by atoms with Gasteiger partial charge in [-0.05, 0) is 79.1 Å². The molecule has 0 unspecified atom stereocenters. The molecule has 5 rings (SSSR count). The SMILES string of the molecule is COc1ccc(CCc2c(-c3ccc(OC)cc3)nc(N(C(=O)c3cc(OC)c(OC)c(OC)c3)C(=O)c3cc(OC)c(OC)c(OC)c3)n2C)cc1. The summed E-state index contributed by atoms with van der Waals surface area (Å²) in [5.74, 6) is 1.56. The molecule has 13 nitrogen and oxygen atoms in total. The molecule has 0 saturated heterocycles. The second kappa shape index (κ2) is 16.8. The molecular formula is C40H43N3O10. The molecule has 4 aromatic carbocycles. The van der Waals surface area contributed by atoms with Crippen LogP contribution >= 0.6 is 0 Å². The van der Waals surface area contributed by atoms with Crippen molar-refractivity contribution in [1.82, 2.24) is 9.55 Å². The van der Waals surface area contributed by atoms with E-state index in [2.05, 4.69) is 0 Å². The molecule has 13 heteroatoms. The second-order valence-corrected chi connectivity index (χ2v) is 11.6. The molecule has 1 aromatic heterocycles. The fourth-order valence-electron chi connectivity index (χ4n) is 5.98. The van der Waals surface area contributed by atoms with Gasteiger partial charge in [0.1, 0.15) is 11.5 Å². The Morgan fingerprint density at radius 2 is 0.981 bits per heavy atom. The third-order valence-corrected chi connectivity index (χ3v) is 8.79. The van der Waals surface area contributed by atoms with Crippen molar-refractivity contribution in [2.75, 3.05) is 61.8 Å². The predicted octanol–water partition coefficient (Wildman–Crippen LogP) is 6.43. The van der Waals surface area contributed by atoms with Gasteiger partial charge in [-0.15, -0.1) is 0 Å². The first-order chi connectivity index (χ1) is 25.7. The average Bonchev–Trinajstić information content (AvgIpc) is 3.53. The molecule has 0 fully saturated rings. The summed E-state index contributed by atoms with van der Waals surface area (Å²) < 4.78 is 45.7. The first-order valence-corrected chi connectivity index (χ1v) is 16.5. The van der Waals surface area contributed by atoms with Crippen LogP contribution in [0.2, 0.25) is 0 Å². The summed E-state index contributed by atoms with van der Waals surface area (Å²) >= 11 is 0. The molecule has 0 aliphatic carbocycles. The lowest BCUT2D eigenvalue weighted by molar-refractivity contribution is 0.0893. The average molecular weight is 726 g/mol. The molecule has 1 heterocycles. The zero-order valence-corrected chi connectivity index (χ0v) is 31.3. The summed E-state index contributed by atoms with van der Waals surface area (Å²) in [7, 11) is 13.7. The van der Waals surface area contributed by atoms with Crippen LogP contribution in [0, 0.1) is 0 Å². The van der Waals surface area contributed by atoms with Crippen molar-refractivity contribution < 1.29 is 47.5 Å². The van der Waals surface area contributed by atoms with Gasteiger partial charge in [-0.2, -0.15) is 0 Å². The topological polar surface area (TPSA) is 129 Å². The maximum absolute atomic E-state index is 14.8. The monoisotopic (exact) mass is 725 g/mol. The molecule has 0 aliphatic rings. The third-order valence-electron chi connectivity index (χ3n) is 8.79. The minimum Gasteiger partial charge on any atom is -0.497 e. The van der Waals surface area contributed by atoms with Gasteiger partial charge in [0.05, 0.1) is 62.6 Å². The van der Waals surface area contributed by atoms with Gasteiger partial charge >= 0.3 is 0 Å². The van der Waals surface area contributed by atoms with Crippen molar-refractivity contribution in [3.8, 4) is 57.3 Å². The number of aryl methyl sites for hydroxylation is 1. The number of nitrogens with zero attached hydrogens (tertiary/aromatic N) is 3. The van der Waals surface area contributed by atoms with Crippen LogP contribution < -0.4 is 42.8 Å². The van der Waals surface area contributed by atoms with E-state index in [1.54, 1.807) is 25.8 Å². The Kier molecular flexibility index (Phi) is 12.0. The van der Waals surface area contributed by atoms with Crippen molar-refractivity contribution in [1.29, 1.82) is 0 Å². The van der Waals surface area contributed by atoms with E-state index in [0.29, 0.717) is 24.3 Å². The number of imidazole rings is 1. The number of benzene rings is 4. The van der Waals surface area contributed by atoms with Crippen LogP contribution in [0.1, 0.15) is 32.0 Å². The highest BCUT2D eigenvalue weighted by molar-refractivity contribution is 6.25. The van der Waals surface area contributed by atoms with Crippen LogP contribution in [-0.4, -0.2) is 78.2 Å². The zero-order chi connectivity index (χ0) is 38.2. The largest absolute Gasteiger partial charge is 0.497 e. The highest BCUT2D eigenvalue weighted by atomic mass is 16.5. The molecule has 0 N–H and O–H groups in total. The summed E-state index contributed by atoms with van der Waals surface area (Å²) in [5.41, 5.74) is 3.34. The van der Waals surface area contributed by atoms with Gasteiger partial charge in [-0.1, -0.05) is 12.1 Å². The number of carbonyl (C=O) groups is 2. The summed E-state index contributed by atoms with van der Waals surface area (Å²) in [4.78, 5) is 35.7. The van der Waals surface area contributed by atoms with E-state index < -0.39 is 11.8 Å². The highest BCUT2D eigenvalue weighted by Gasteiger charge is 2.34. The van der Waals surface area contributed by atoms with Crippen molar-refractivity contribution in [2.24, 2.45) is 7.05 Å². The molecule has 0 bridgehead atoms. The first kappa shape index (κ1) is 37.9. The van der Waals surface area contributed by atoms with Crippen LogP contribution in [0.25, 0.3) is 11.3 Å². The van der Waals surface area contributed by atoms with Crippen molar-refractivity contribution in [3.63, 3.8) is 0 Å². The van der Waals surface area contributed by atoms with E-state index in [4.69, 9.17) is 42.9 Å². The van der Waals surface area contributed by atoms with Gasteiger partial charge in [0.15, 0.2) is 23.0 Å². The van der Waals surface area contributed by atoms with E-state index in [0.717, 1.165) is 27.5 Å². The number of anilines is 1. The van der Waals surface area contributed by atoms with Crippen molar-refractivity contribution in [3.05, 3.63) is 95.2 Å². The van der Waals surface area contributed by atoms with Gasteiger partial charge in [-0.3, -0.25) is 9.59 Å². The minimum absolute atomic E-state index is 0.0676. The van der Waals surface area contributed by atoms with Crippen LogP contribution in [0.4, 0.5) is 5.95 Å². The van der Waals surface area contributed by atoms with E-state index in [9.17, 15) is 9.59 Å². The molecule has 5 aromatic rings. The fraction of sp³-hybridized carbons (Fsp3) is 0.275. The summed E-state index contributed by atoms with van der Waals surface area (Å²) in [5, 5.41) is 0. The summed E-state index contributed by atoms with van der Waals surface area (Å²) in [6.45, 7) is 0. The molecule has 53 heavy (non-hydrogen) atoms. The zero-order valence-electron chi connectivity index (χ0n) is 31.3. The Hall–Kier alpha value is -6.37. The van der Waals surface area contributed by atoms with Crippen molar-refractivity contribution >= 4 is 17.8 Å². The lowest BCUT2D eigenvalue weighted by Gasteiger charge is -2.23. The predicted molar refractivity (Wildman–Crippen MR) is 199 cm³/mol. The Morgan fingerprint density at radius 3 is 1.36 bits per heavy atom. The smallest absolute Gasteiger partial charge is 0.268 e. The number of aromatic nitrogens is 2.